The molecule has 2 aromatic rings. The van der Waals surface area contributed by atoms with Crippen molar-refractivity contribution in [2.45, 2.75) is 0 Å². The zero-order chi connectivity index (χ0) is 12.3. The van der Waals surface area contributed by atoms with E-state index in [1.807, 2.05) is 0 Å². The van der Waals surface area contributed by atoms with E-state index in [2.05, 4.69) is 11.1 Å². The van der Waals surface area contributed by atoms with Crippen LogP contribution >= 0.6 is 11.6 Å². The number of hydrogen-bond acceptors (Lipinski definition) is 3. The minimum absolute atomic E-state index is 0.504. The molecule has 0 bridgehead atoms. The van der Waals surface area contributed by atoms with Gasteiger partial charge in [0.05, 0.1) is 18.7 Å². The van der Waals surface area contributed by atoms with Crippen LogP contribution in [-0.4, -0.2) is 12.1 Å². The van der Waals surface area contributed by atoms with E-state index in [1.54, 1.807) is 43.8 Å². The molecule has 0 aliphatic heterocycles. The van der Waals surface area contributed by atoms with Crippen LogP contribution in [0, 0.1) is 11.3 Å². The highest BCUT2D eigenvalue weighted by molar-refractivity contribution is 6.30. The Morgan fingerprint density at radius 1 is 1.29 bits per heavy atom. The molecule has 17 heavy (non-hydrogen) atoms. The highest BCUT2D eigenvalue weighted by Gasteiger charge is 2.10. The van der Waals surface area contributed by atoms with Crippen molar-refractivity contribution in [1.29, 1.82) is 5.26 Å². The Kier molecular flexibility index (Phi) is 3.27. The van der Waals surface area contributed by atoms with Gasteiger partial charge >= 0.3 is 0 Å². The molecule has 0 radical (unpaired) electrons. The van der Waals surface area contributed by atoms with Gasteiger partial charge in [0.1, 0.15) is 5.75 Å². The lowest BCUT2D eigenvalue weighted by atomic mass is 10.0. The van der Waals surface area contributed by atoms with Gasteiger partial charge in [-0.15, -0.1) is 0 Å². The number of pyridine rings is 1. The maximum absolute atomic E-state index is 9.10. The van der Waals surface area contributed by atoms with Gasteiger partial charge in [0, 0.05) is 28.5 Å². The molecule has 2 rings (SSSR count). The van der Waals surface area contributed by atoms with Crippen LogP contribution in [0.5, 0.6) is 5.75 Å². The molecule has 1 aromatic heterocycles. The van der Waals surface area contributed by atoms with Crippen LogP contribution in [0.2, 0.25) is 5.02 Å². The Morgan fingerprint density at radius 2 is 2.12 bits per heavy atom. The molecular weight excluding hydrogens is 236 g/mol. The van der Waals surface area contributed by atoms with Crippen molar-refractivity contribution in [3.8, 4) is 22.9 Å². The fourth-order valence-corrected chi connectivity index (χ4v) is 1.78. The first-order valence-electron chi connectivity index (χ1n) is 4.94. The van der Waals surface area contributed by atoms with E-state index in [4.69, 9.17) is 21.6 Å². The zero-order valence-electron chi connectivity index (χ0n) is 9.14. The molecule has 84 valence electrons. The van der Waals surface area contributed by atoms with E-state index < -0.39 is 0 Å². The van der Waals surface area contributed by atoms with Gasteiger partial charge in [-0.3, -0.25) is 4.98 Å². The van der Waals surface area contributed by atoms with E-state index in [0.717, 1.165) is 11.1 Å². The average molecular weight is 245 g/mol. The van der Waals surface area contributed by atoms with Crippen LogP contribution in [0.25, 0.3) is 11.1 Å². The van der Waals surface area contributed by atoms with Crippen LogP contribution in [0.1, 0.15) is 5.56 Å². The lowest BCUT2D eigenvalue weighted by Crippen LogP contribution is -1.91. The number of rotatable bonds is 2. The Balaban J connectivity index is 2.65. The third-order valence-electron chi connectivity index (χ3n) is 2.39. The molecule has 0 amide bonds. The van der Waals surface area contributed by atoms with Gasteiger partial charge in [0.25, 0.3) is 0 Å². The monoisotopic (exact) mass is 244 g/mol. The quantitative estimate of drug-likeness (QED) is 0.814. The predicted molar refractivity (Wildman–Crippen MR) is 66.0 cm³/mol. The molecule has 0 aliphatic carbocycles. The second-order valence-corrected chi connectivity index (χ2v) is 3.81. The summed E-state index contributed by atoms with van der Waals surface area (Å²) in [4.78, 5) is 4.05. The summed E-state index contributed by atoms with van der Waals surface area (Å²) in [7, 11) is 1.58. The number of nitriles is 1. The summed E-state index contributed by atoms with van der Waals surface area (Å²) >= 11 is 5.86. The number of benzene rings is 1. The molecule has 0 N–H and O–H groups in total. The second-order valence-electron chi connectivity index (χ2n) is 3.38. The van der Waals surface area contributed by atoms with Gasteiger partial charge in [0.2, 0.25) is 0 Å². The number of nitrogens with zero attached hydrogens (tertiary/aromatic N) is 2. The van der Waals surface area contributed by atoms with Crippen molar-refractivity contribution in [3.05, 3.63) is 47.2 Å². The first-order valence-corrected chi connectivity index (χ1v) is 5.32. The van der Waals surface area contributed by atoms with Crippen molar-refractivity contribution in [3.63, 3.8) is 0 Å². The van der Waals surface area contributed by atoms with Gasteiger partial charge in [-0.25, -0.2) is 0 Å². The maximum atomic E-state index is 9.10. The van der Waals surface area contributed by atoms with Gasteiger partial charge < -0.3 is 4.74 Å². The Morgan fingerprint density at radius 3 is 2.82 bits per heavy atom. The molecule has 0 saturated heterocycles. The summed E-state index contributed by atoms with van der Waals surface area (Å²) in [5.74, 6) is 0.679. The summed E-state index contributed by atoms with van der Waals surface area (Å²) in [6.45, 7) is 0. The lowest BCUT2D eigenvalue weighted by Gasteiger charge is -2.09. The average Bonchev–Trinajstić information content (AvgIpc) is 2.38. The smallest absolute Gasteiger partial charge is 0.129 e. The molecule has 0 aliphatic rings. The number of methoxy groups -OCH3 is 1. The predicted octanol–water partition coefficient (Wildman–Crippen LogP) is 3.28. The highest BCUT2D eigenvalue weighted by atomic mass is 35.5. The molecule has 0 fully saturated rings. The molecule has 4 heteroatoms. The van der Waals surface area contributed by atoms with Crippen molar-refractivity contribution in [1.82, 2.24) is 4.98 Å². The van der Waals surface area contributed by atoms with Crippen molar-refractivity contribution >= 4 is 11.6 Å². The minimum atomic E-state index is 0.504. The van der Waals surface area contributed by atoms with E-state index >= 15 is 0 Å². The van der Waals surface area contributed by atoms with Gasteiger partial charge in [0.15, 0.2) is 0 Å². The van der Waals surface area contributed by atoms with Crippen LogP contribution in [0.4, 0.5) is 0 Å². The number of ether oxygens (including phenoxy) is 1. The summed E-state index contributed by atoms with van der Waals surface area (Å²) < 4.78 is 5.25. The Bertz CT molecular complexity index is 590. The van der Waals surface area contributed by atoms with Crippen LogP contribution in [0.15, 0.2) is 36.7 Å². The summed E-state index contributed by atoms with van der Waals surface area (Å²) in [6, 6.07) is 9.03. The number of halogens is 1. The molecular formula is C13H9ClN2O. The summed E-state index contributed by atoms with van der Waals surface area (Å²) in [5, 5.41) is 9.63. The number of hydrogen-bond donors (Lipinski definition) is 0. The van der Waals surface area contributed by atoms with E-state index in [-0.39, 0.29) is 0 Å². The minimum Gasteiger partial charge on any atom is -0.496 e. The molecule has 0 spiro atoms. The van der Waals surface area contributed by atoms with E-state index in [0.29, 0.717) is 16.3 Å². The highest BCUT2D eigenvalue weighted by Crippen LogP contribution is 2.32. The van der Waals surface area contributed by atoms with Crippen molar-refractivity contribution < 1.29 is 4.74 Å². The first-order chi connectivity index (χ1) is 8.26. The van der Waals surface area contributed by atoms with E-state index in [1.165, 1.54) is 0 Å². The molecule has 3 nitrogen and oxygen atoms in total. The molecule has 1 aromatic carbocycles. The largest absolute Gasteiger partial charge is 0.496 e. The second kappa shape index (κ2) is 4.86. The topological polar surface area (TPSA) is 45.9 Å². The SMILES string of the molecule is COc1ccncc1-c1ccc(Cl)cc1C#N. The third kappa shape index (κ3) is 2.22. The van der Waals surface area contributed by atoms with Gasteiger partial charge in [-0.2, -0.15) is 5.26 Å². The van der Waals surface area contributed by atoms with Gasteiger partial charge in [-0.05, 0) is 18.2 Å². The fraction of sp³-hybridized carbons (Fsp3) is 0.0769. The molecule has 0 atom stereocenters. The Hall–Kier alpha value is -2.05. The van der Waals surface area contributed by atoms with Gasteiger partial charge in [-0.1, -0.05) is 17.7 Å². The normalized spacial score (nSPS) is 9.71. The third-order valence-corrected chi connectivity index (χ3v) is 2.63. The molecule has 1 heterocycles. The van der Waals surface area contributed by atoms with Crippen LogP contribution in [0.3, 0.4) is 0 Å². The van der Waals surface area contributed by atoms with Crippen LogP contribution < -0.4 is 4.74 Å². The number of aromatic nitrogens is 1. The zero-order valence-corrected chi connectivity index (χ0v) is 9.90. The maximum Gasteiger partial charge on any atom is 0.129 e. The van der Waals surface area contributed by atoms with Crippen molar-refractivity contribution in [2.24, 2.45) is 0 Å². The lowest BCUT2D eigenvalue weighted by molar-refractivity contribution is 0.416. The fourth-order valence-electron chi connectivity index (χ4n) is 1.61. The summed E-state index contributed by atoms with van der Waals surface area (Å²) in [6.07, 6.45) is 3.31. The molecule has 0 saturated carbocycles. The first kappa shape index (κ1) is 11.4. The summed E-state index contributed by atoms with van der Waals surface area (Å²) in [5.41, 5.74) is 2.05. The van der Waals surface area contributed by atoms with Crippen LogP contribution in [-0.2, 0) is 0 Å². The van der Waals surface area contributed by atoms with E-state index in [9.17, 15) is 0 Å². The molecule has 0 unspecified atom stereocenters. The van der Waals surface area contributed by atoms with Crippen molar-refractivity contribution in [2.75, 3.05) is 7.11 Å². The Labute approximate surface area is 104 Å². The standard InChI is InChI=1S/C13H9ClN2O/c1-17-13-4-5-16-8-12(13)11-3-2-10(14)6-9(11)7-15/h2-6,8H,1H3.